The van der Waals surface area contributed by atoms with Gasteiger partial charge in [-0.05, 0) is 55.4 Å². The molecule has 1 aromatic heterocycles. The van der Waals surface area contributed by atoms with E-state index in [1.165, 1.54) is 4.88 Å². The molecule has 1 saturated heterocycles. The Bertz CT molecular complexity index is 688. The number of methoxy groups -OCH3 is 2. The minimum Gasteiger partial charge on any atom is -0.497 e. The Morgan fingerprint density at radius 3 is 2.46 bits per heavy atom. The highest BCUT2D eigenvalue weighted by molar-refractivity contribution is 7.09. The first-order valence-corrected chi connectivity index (χ1v) is 9.82. The summed E-state index contributed by atoms with van der Waals surface area (Å²) in [5.41, 5.74) is 0.566. The minimum absolute atomic E-state index is 0.0804. The van der Waals surface area contributed by atoms with E-state index in [0.717, 1.165) is 32.5 Å². The summed E-state index contributed by atoms with van der Waals surface area (Å²) in [4.78, 5) is 16.4. The lowest BCUT2D eigenvalue weighted by Crippen LogP contribution is -2.38. The predicted molar refractivity (Wildman–Crippen MR) is 104 cm³/mol. The van der Waals surface area contributed by atoms with E-state index < -0.39 is 0 Å². The summed E-state index contributed by atoms with van der Waals surface area (Å²) < 4.78 is 10.5. The van der Waals surface area contributed by atoms with Crippen molar-refractivity contribution in [3.05, 3.63) is 46.2 Å². The summed E-state index contributed by atoms with van der Waals surface area (Å²) in [5, 5.41) is 5.20. The normalized spacial score (nSPS) is 15.6. The zero-order chi connectivity index (χ0) is 18.4. The average Bonchev–Trinajstić information content (AvgIpc) is 3.19. The molecule has 0 unspecified atom stereocenters. The Morgan fingerprint density at radius 2 is 1.88 bits per heavy atom. The van der Waals surface area contributed by atoms with Crippen molar-refractivity contribution in [2.45, 2.75) is 19.4 Å². The highest BCUT2D eigenvalue weighted by Gasteiger charge is 2.20. The van der Waals surface area contributed by atoms with E-state index in [2.05, 4.69) is 27.7 Å². The number of nitrogens with zero attached hydrogens (tertiary/aromatic N) is 1. The third-order valence-corrected chi connectivity index (χ3v) is 5.69. The smallest absolute Gasteiger partial charge is 0.251 e. The molecule has 0 bridgehead atoms. The largest absolute Gasteiger partial charge is 0.497 e. The molecule has 26 heavy (non-hydrogen) atoms. The Labute approximate surface area is 158 Å². The Balaban J connectivity index is 1.47. The zero-order valence-corrected chi connectivity index (χ0v) is 16.2. The maximum Gasteiger partial charge on any atom is 0.251 e. The Hall–Kier alpha value is -2.05. The third-order valence-electron chi connectivity index (χ3n) is 4.83. The van der Waals surface area contributed by atoms with Crippen LogP contribution in [-0.4, -0.2) is 44.7 Å². The highest BCUT2D eigenvalue weighted by atomic mass is 32.1. The van der Waals surface area contributed by atoms with Crippen LogP contribution in [0, 0.1) is 5.92 Å². The number of benzene rings is 1. The van der Waals surface area contributed by atoms with Gasteiger partial charge >= 0.3 is 0 Å². The molecule has 1 amide bonds. The van der Waals surface area contributed by atoms with E-state index >= 15 is 0 Å². The van der Waals surface area contributed by atoms with Gasteiger partial charge in [0.25, 0.3) is 5.91 Å². The molecule has 5 nitrogen and oxygen atoms in total. The molecule has 0 aliphatic carbocycles. The van der Waals surface area contributed by atoms with Crippen molar-refractivity contribution >= 4 is 17.2 Å². The lowest BCUT2D eigenvalue weighted by Gasteiger charge is -2.31. The topological polar surface area (TPSA) is 50.8 Å². The van der Waals surface area contributed by atoms with Gasteiger partial charge in [-0.15, -0.1) is 11.3 Å². The lowest BCUT2D eigenvalue weighted by atomic mass is 9.96. The van der Waals surface area contributed by atoms with Gasteiger partial charge in [0.1, 0.15) is 11.5 Å². The summed E-state index contributed by atoms with van der Waals surface area (Å²) in [6.45, 7) is 3.93. The molecule has 3 rings (SSSR count). The molecule has 1 aliphatic heterocycles. The molecule has 0 saturated carbocycles. The number of ether oxygens (including phenoxy) is 2. The molecule has 0 spiro atoms. The molecular weight excluding hydrogens is 348 g/mol. The van der Waals surface area contributed by atoms with Gasteiger partial charge in [-0.3, -0.25) is 9.69 Å². The maximum absolute atomic E-state index is 12.5. The van der Waals surface area contributed by atoms with Crippen LogP contribution in [0.1, 0.15) is 28.1 Å². The van der Waals surface area contributed by atoms with Crippen LogP contribution in [0.5, 0.6) is 11.5 Å². The van der Waals surface area contributed by atoms with E-state index in [9.17, 15) is 4.79 Å². The summed E-state index contributed by atoms with van der Waals surface area (Å²) in [6.07, 6.45) is 2.24. The quantitative estimate of drug-likeness (QED) is 0.807. The second-order valence-corrected chi connectivity index (χ2v) is 7.64. The number of hydrogen-bond acceptors (Lipinski definition) is 5. The third kappa shape index (κ3) is 4.99. The van der Waals surface area contributed by atoms with Crippen LogP contribution < -0.4 is 14.8 Å². The summed E-state index contributed by atoms with van der Waals surface area (Å²) >= 11 is 1.82. The Kier molecular flexibility index (Phi) is 6.52. The second-order valence-electron chi connectivity index (χ2n) is 6.61. The van der Waals surface area contributed by atoms with Gasteiger partial charge in [0.15, 0.2) is 0 Å². The first-order valence-electron chi connectivity index (χ1n) is 8.94. The number of nitrogens with one attached hydrogen (secondary N) is 1. The van der Waals surface area contributed by atoms with Crippen molar-refractivity contribution < 1.29 is 14.3 Å². The van der Waals surface area contributed by atoms with Crippen LogP contribution in [0.15, 0.2) is 35.7 Å². The minimum atomic E-state index is -0.0804. The van der Waals surface area contributed by atoms with Crippen molar-refractivity contribution in [2.75, 3.05) is 33.9 Å². The van der Waals surface area contributed by atoms with Gasteiger partial charge in [0.2, 0.25) is 0 Å². The van der Waals surface area contributed by atoms with Crippen LogP contribution in [0.2, 0.25) is 0 Å². The molecule has 0 atom stereocenters. The van der Waals surface area contributed by atoms with Gasteiger partial charge in [-0.25, -0.2) is 0 Å². The first kappa shape index (κ1) is 18.7. The molecule has 1 aliphatic rings. The van der Waals surface area contributed by atoms with E-state index in [0.29, 0.717) is 29.5 Å². The molecule has 1 aromatic carbocycles. The van der Waals surface area contributed by atoms with E-state index in [4.69, 9.17) is 9.47 Å². The zero-order valence-electron chi connectivity index (χ0n) is 15.4. The second kappa shape index (κ2) is 9.05. The number of carbonyl (C=O) groups is 1. The molecule has 140 valence electrons. The monoisotopic (exact) mass is 374 g/mol. The molecule has 1 N–H and O–H groups in total. The van der Waals surface area contributed by atoms with E-state index in [1.54, 1.807) is 32.4 Å². The number of amides is 1. The van der Waals surface area contributed by atoms with Crippen LogP contribution >= 0.6 is 11.3 Å². The van der Waals surface area contributed by atoms with E-state index in [-0.39, 0.29) is 5.91 Å². The van der Waals surface area contributed by atoms with Gasteiger partial charge < -0.3 is 14.8 Å². The number of carbonyl (C=O) groups excluding carboxylic acids is 1. The average molecular weight is 375 g/mol. The van der Waals surface area contributed by atoms with Gasteiger partial charge in [-0.1, -0.05) is 6.07 Å². The van der Waals surface area contributed by atoms with Crippen molar-refractivity contribution in [3.63, 3.8) is 0 Å². The van der Waals surface area contributed by atoms with Crippen LogP contribution in [-0.2, 0) is 6.54 Å². The number of rotatable bonds is 7. The Morgan fingerprint density at radius 1 is 1.19 bits per heavy atom. The summed E-state index contributed by atoms with van der Waals surface area (Å²) in [7, 11) is 3.17. The van der Waals surface area contributed by atoms with Gasteiger partial charge in [0.05, 0.1) is 14.2 Å². The molecular formula is C20H26N2O3S. The van der Waals surface area contributed by atoms with E-state index in [1.807, 2.05) is 11.3 Å². The van der Waals surface area contributed by atoms with Gasteiger partial charge in [0, 0.05) is 29.6 Å². The number of piperidine rings is 1. The van der Waals surface area contributed by atoms with Gasteiger partial charge in [-0.2, -0.15) is 0 Å². The fourth-order valence-corrected chi connectivity index (χ4v) is 4.00. The first-order chi connectivity index (χ1) is 12.7. The van der Waals surface area contributed by atoms with Crippen molar-refractivity contribution in [1.29, 1.82) is 0 Å². The SMILES string of the molecule is COc1cc(OC)cc(C(=O)NCC2CCN(Cc3cccs3)CC2)c1. The standard InChI is InChI=1S/C20H26N2O3S/c1-24-17-10-16(11-18(12-17)25-2)20(23)21-13-15-5-7-22(8-6-15)14-19-4-3-9-26-19/h3-4,9-12,15H,5-8,13-14H2,1-2H3,(H,21,23). The molecule has 2 aromatic rings. The summed E-state index contributed by atoms with van der Waals surface area (Å²) in [5.74, 6) is 1.70. The van der Waals surface area contributed by atoms with Crippen molar-refractivity contribution in [1.82, 2.24) is 10.2 Å². The number of likely N-dealkylation sites (tertiary alicyclic amines) is 1. The predicted octanol–water partition coefficient (Wildman–Crippen LogP) is 3.41. The molecule has 6 heteroatoms. The molecule has 1 fully saturated rings. The number of hydrogen-bond donors (Lipinski definition) is 1. The summed E-state index contributed by atoms with van der Waals surface area (Å²) in [6, 6.07) is 9.54. The fraction of sp³-hybridized carbons (Fsp3) is 0.450. The van der Waals surface area contributed by atoms with Crippen molar-refractivity contribution in [3.8, 4) is 11.5 Å². The fourth-order valence-electron chi connectivity index (χ4n) is 3.25. The highest BCUT2D eigenvalue weighted by Crippen LogP contribution is 2.23. The van der Waals surface area contributed by atoms with Crippen LogP contribution in [0.3, 0.4) is 0 Å². The maximum atomic E-state index is 12.5. The lowest BCUT2D eigenvalue weighted by molar-refractivity contribution is 0.0934. The molecule has 2 heterocycles. The van der Waals surface area contributed by atoms with Crippen molar-refractivity contribution in [2.24, 2.45) is 5.92 Å². The van der Waals surface area contributed by atoms with Crippen LogP contribution in [0.4, 0.5) is 0 Å². The number of thiophene rings is 1. The molecule has 0 radical (unpaired) electrons. The van der Waals surface area contributed by atoms with Crippen LogP contribution in [0.25, 0.3) is 0 Å².